The molecule has 11 aromatic rings. The number of rotatable bonds is 6. The number of thiophene rings is 2. The molecule has 2 nitrogen and oxygen atoms in total. The van der Waals surface area contributed by atoms with Crippen LogP contribution >= 0.6 is 22.7 Å². The summed E-state index contributed by atoms with van der Waals surface area (Å²) in [6, 6.07) is 67.9. The minimum absolute atomic E-state index is 0.898. The molecule has 8 aromatic carbocycles. The molecule has 0 amide bonds. The van der Waals surface area contributed by atoms with Crippen LogP contribution in [0.15, 0.2) is 194 Å². The van der Waals surface area contributed by atoms with Gasteiger partial charge in [0.25, 0.3) is 0 Å². The summed E-state index contributed by atoms with van der Waals surface area (Å²) >= 11 is 3.74. The van der Waals surface area contributed by atoms with E-state index in [0.717, 1.165) is 33.6 Å². The van der Waals surface area contributed by atoms with Crippen molar-refractivity contribution in [3.63, 3.8) is 0 Å². The van der Waals surface area contributed by atoms with Gasteiger partial charge in [-0.05, 0) is 74.8 Å². The van der Waals surface area contributed by atoms with Crippen LogP contribution in [0.2, 0.25) is 0 Å². The molecule has 0 aliphatic rings. The lowest BCUT2D eigenvalue weighted by atomic mass is 9.97. The molecule has 3 heterocycles. The third-order valence-corrected chi connectivity index (χ3v) is 13.3. The van der Waals surface area contributed by atoms with Crippen LogP contribution in [0.25, 0.3) is 107 Å². The zero-order valence-corrected chi connectivity index (χ0v) is 31.8. The van der Waals surface area contributed by atoms with Crippen molar-refractivity contribution in [3.05, 3.63) is 194 Å². The Kier molecular flexibility index (Phi) is 7.90. The molecule has 0 spiro atoms. The molecule has 0 radical (unpaired) electrons. The number of aromatic nitrogens is 2. The van der Waals surface area contributed by atoms with Crippen LogP contribution in [0.3, 0.4) is 0 Å². The summed E-state index contributed by atoms with van der Waals surface area (Å²) in [7, 11) is 0. The second-order valence-electron chi connectivity index (χ2n) is 14.2. The Labute approximate surface area is 332 Å². The molecule has 4 heteroatoms. The standard InChI is InChI=1S/C52H32N2S2/c1-3-19-49-43(13-1)45-17-7-15-41(51(45)55-49)35-25-21-33(22-26-35)37-9-5-11-39(29-37)47-31-48(54-32-53-47)40-12-6-10-38(30-40)34-23-27-36(28-24-34)42-16-8-18-46-44-14-2-4-20-50(44)56-52(42)46/h1-32H. The highest BCUT2D eigenvalue weighted by molar-refractivity contribution is 7.26. The van der Waals surface area contributed by atoms with Crippen LogP contribution in [-0.2, 0) is 0 Å². The molecule has 0 N–H and O–H groups in total. The van der Waals surface area contributed by atoms with E-state index in [9.17, 15) is 0 Å². The van der Waals surface area contributed by atoms with Gasteiger partial charge >= 0.3 is 0 Å². The van der Waals surface area contributed by atoms with Gasteiger partial charge in [-0.2, -0.15) is 0 Å². The molecule has 0 aliphatic carbocycles. The molecular weight excluding hydrogens is 717 g/mol. The van der Waals surface area contributed by atoms with E-state index in [1.54, 1.807) is 6.33 Å². The van der Waals surface area contributed by atoms with Crippen LogP contribution in [0.1, 0.15) is 0 Å². The van der Waals surface area contributed by atoms with Crippen molar-refractivity contribution in [2.24, 2.45) is 0 Å². The van der Waals surface area contributed by atoms with E-state index in [-0.39, 0.29) is 0 Å². The Balaban J connectivity index is 0.860. The van der Waals surface area contributed by atoms with Gasteiger partial charge in [-0.1, -0.05) is 158 Å². The Hall–Kier alpha value is -6.72. The molecule has 11 rings (SSSR count). The van der Waals surface area contributed by atoms with Gasteiger partial charge in [0.2, 0.25) is 0 Å². The third kappa shape index (κ3) is 5.70. The molecule has 262 valence electrons. The summed E-state index contributed by atoms with van der Waals surface area (Å²) in [6.45, 7) is 0. The quantitative estimate of drug-likeness (QED) is 0.169. The predicted molar refractivity (Wildman–Crippen MR) is 240 cm³/mol. The minimum atomic E-state index is 0.898. The Morgan fingerprint density at radius 3 is 1.16 bits per heavy atom. The topological polar surface area (TPSA) is 25.8 Å². The molecule has 0 unspecified atom stereocenters. The first-order valence-electron chi connectivity index (χ1n) is 18.8. The van der Waals surface area contributed by atoms with Gasteiger partial charge in [0.1, 0.15) is 6.33 Å². The molecule has 0 bridgehead atoms. The summed E-state index contributed by atoms with van der Waals surface area (Å²) in [6.07, 6.45) is 1.68. The van der Waals surface area contributed by atoms with Crippen molar-refractivity contribution in [2.75, 3.05) is 0 Å². The fourth-order valence-corrected chi connectivity index (χ4v) is 10.5. The van der Waals surface area contributed by atoms with E-state index in [1.807, 2.05) is 22.7 Å². The zero-order valence-electron chi connectivity index (χ0n) is 30.2. The second-order valence-corrected chi connectivity index (χ2v) is 16.3. The number of benzene rings is 8. The molecule has 0 aliphatic heterocycles. The van der Waals surface area contributed by atoms with Crippen LogP contribution in [-0.4, -0.2) is 9.97 Å². The van der Waals surface area contributed by atoms with Gasteiger partial charge < -0.3 is 0 Å². The van der Waals surface area contributed by atoms with Crippen molar-refractivity contribution in [3.8, 4) is 67.0 Å². The second kappa shape index (κ2) is 13.5. The van der Waals surface area contributed by atoms with E-state index in [2.05, 4.69) is 188 Å². The number of fused-ring (bicyclic) bond motifs is 6. The van der Waals surface area contributed by atoms with Crippen molar-refractivity contribution < 1.29 is 0 Å². The normalized spacial score (nSPS) is 11.6. The summed E-state index contributed by atoms with van der Waals surface area (Å²) < 4.78 is 5.32. The van der Waals surface area contributed by atoms with E-state index in [4.69, 9.17) is 9.97 Å². The summed E-state index contributed by atoms with van der Waals surface area (Å²) in [5.74, 6) is 0. The predicted octanol–water partition coefficient (Wildman–Crippen LogP) is 15.2. The molecule has 0 atom stereocenters. The third-order valence-electron chi connectivity index (χ3n) is 10.9. The monoisotopic (exact) mass is 748 g/mol. The van der Waals surface area contributed by atoms with Gasteiger partial charge in [0, 0.05) is 51.5 Å². The lowest BCUT2D eigenvalue weighted by Gasteiger charge is -2.10. The molecular formula is C52H32N2S2. The maximum Gasteiger partial charge on any atom is 0.116 e. The van der Waals surface area contributed by atoms with Gasteiger partial charge in [-0.15, -0.1) is 22.7 Å². The van der Waals surface area contributed by atoms with Gasteiger partial charge in [-0.3, -0.25) is 0 Å². The van der Waals surface area contributed by atoms with Crippen molar-refractivity contribution in [1.29, 1.82) is 0 Å². The molecule has 0 saturated carbocycles. The summed E-state index contributed by atoms with van der Waals surface area (Å²) in [4.78, 5) is 9.43. The van der Waals surface area contributed by atoms with E-state index in [0.29, 0.717) is 0 Å². The maximum atomic E-state index is 4.72. The van der Waals surface area contributed by atoms with E-state index >= 15 is 0 Å². The van der Waals surface area contributed by atoms with Crippen LogP contribution in [0, 0.1) is 0 Å². The Morgan fingerprint density at radius 1 is 0.286 bits per heavy atom. The smallest absolute Gasteiger partial charge is 0.116 e. The SMILES string of the molecule is c1cc(-c2ccc(-c3cccc4c3sc3ccccc34)cc2)cc(-c2cc(-c3cccc(-c4ccc(-c5cccc6c5sc5ccccc56)cc4)c3)ncn2)c1. The fourth-order valence-electron chi connectivity index (χ4n) is 8.02. The lowest BCUT2D eigenvalue weighted by molar-refractivity contribution is 1.18. The molecule has 0 saturated heterocycles. The number of nitrogens with zero attached hydrogens (tertiary/aromatic N) is 2. The largest absolute Gasteiger partial charge is 0.236 e. The first-order chi connectivity index (χ1) is 27.7. The average molecular weight is 749 g/mol. The first-order valence-corrected chi connectivity index (χ1v) is 20.4. The van der Waals surface area contributed by atoms with Gasteiger partial charge in [0.15, 0.2) is 0 Å². The van der Waals surface area contributed by atoms with E-state index in [1.165, 1.54) is 73.7 Å². The average Bonchev–Trinajstić information content (AvgIpc) is 3.86. The van der Waals surface area contributed by atoms with Crippen molar-refractivity contribution in [1.82, 2.24) is 9.97 Å². The van der Waals surface area contributed by atoms with Crippen molar-refractivity contribution in [2.45, 2.75) is 0 Å². The van der Waals surface area contributed by atoms with Crippen LogP contribution in [0.5, 0.6) is 0 Å². The summed E-state index contributed by atoms with van der Waals surface area (Å²) in [5, 5.41) is 5.29. The van der Waals surface area contributed by atoms with Crippen LogP contribution < -0.4 is 0 Å². The number of hydrogen-bond donors (Lipinski definition) is 0. The number of hydrogen-bond acceptors (Lipinski definition) is 4. The van der Waals surface area contributed by atoms with Crippen molar-refractivity contribution >= 4 is 63.0 Å². The highest BCUT2D eigenvalue weighted by Gasteiger charge is 2.13. The highest BCUT2D eigenvalue weighted by atomic mass is 32.1. The van der Waals surface area contributed by atoms with Crippen LogP contribution in [0.4, 0.5) is 0 Å². The van der Waals surface area contributed by atoms with Gasteiger partial charge in [0.05, 0.1) is 11.4 Å². The molecule has 3 aromatic heterocycles. The zero-order chi connectivity index (χ0) is 37.0. The molecule has 56 heavy (non-hydrogen) atoms. The van der Waals surface area contributed by atoms with Gasteiger partial charge in [-0.25, -0.2) is 9.97 Å². The lowest BCUT2D eigenvalue weighted by Crippen LogP contribution is -1.90. The minimum Gasteiger partial charge on any atom is -0.236 e. The van der Waals surface area contributed by atoms with E-state index < -0.39 is 0 Å². The highest BCUT2D eigenvalue weighted by Crippen LogP contribution is 2.42. The Morgan fingerprint density at radius 2 is 0.679 bits per heavy atom. The summed E-state index contributed by atoms with van der Waals surface area (Å²) in [5.41, 5.74) is 13.6. The first kappa shape index (κ1) is 32.7. The Bertz CT molecular complexity index is 3030. The fraction of sp³-hybridized carbons (Fsp3) is 0. The molecule has 0 fully saturated rings. The maximum absolute atomic E-state index is 4.72.